The number of fused-ring (bicyclic) bond motifs is 2. The van der Waals surface area contributed by atoms with E-state index in [-0.39, 0.29) is 22.7 Å². The molecule has 8 nitrogen and oxygen atoms in total. The number of nitrogens with one attached hydrogen (secondary N) is 2. The van der Waals surface area contributed by atoms with Crippen LogP contribution in [0, 0.1) is 0 Å². The maximum atomic E-state index is 14.4. The van der Waals surface area contributed by atoms with Gasteiger partial charge in [-0.15, -0.1) is 0 Å². The van der Waals surface area contributed by atoms with Crippen molar-refractivity contribution >= 4 is 28.6 Å². The fraction of sp³-hybridized carbons (Fsp3) is 0.148. The van der Waals surface area contributed by atoms with Crippen molar-refractivity contribution in [3.63, 3.8) is 0 Å². The summed E-state index contributed by atoms with van der Waals surface area (Å²) < 4.78 is 40.2. The Hall–Kier alpha value is -4.44. The standard InChI is InChI=1S/C27H19ClF2N4O4/c1-27(29,30)13-34-23(16-11-10-14(28)12-19(16)37-15-6-3-2-4-7-15)20-21(32-33-22(20)25(34)35)17-8-5-9-18-24(17)38-26(36)31-18/h2-12,23H,13H2,1H3,(H,31,36)(H,32,33). The Balaban J connectivity index is 1.57. The van der Waals surface area contributed by atoms with Gasteiger partial charge in [-0.25, -0.2) is 13.6 Å². The zero-order valence-electron chi connectivity index (χ0n) is 19.8. The largest absolute Gasteiger partial charge is 0.457 e. The van der Waals surface area contributed by atoms with Gasteiger partial charge in [-0.1, -0.05) is 41.9 Å². The number of hydrogen-bond donors (Lipinski definition) is 2. The van der Waals surface area contributed by atoms with Crippen LogP contribution < -0.4 is 10.5 Å². The third kappa shape index (κ3) is 4.12. The maximum Gasteiger partial charge on any atom is 0.417 e. The molecule has 2 aromatic heterocycles. The summed E-state index contributed by atoms with van der Waals surface area (Å²) in [5.74, 6) is -3.70. The van der Waals surface area contributed by atoms with Crippen molar-refractivity contribution in [2.75, 3.05) is 6.54 Å². The van der Waals surface area contributed by atoms with Crippen LogP contribution in [-0.4, -0.2) is 38.5 Å². The molecular weight excluding hydrogens is 518 g/mol. The second-order valence-corrected chi connectivity index (χ2v) is 9.50. The number of aromatic amines is 2. The summed E-state index contributed by atoms with van der Waals surface area (Å²) in [6.07, 6.45) is 0. The van der Waals surface area contributed by atoms with E-state index in [0.717, 1.165) is 11.8 Å². The fourth-order valence-corrected chi connectivity index (χ4v) is 4.95. The predicted molar refractivity (Wildman–Crippen MR) is 136 cm³/mol. The summed E-state index contributed by atoms with van der Waals surface area (Å²) >= 11 is 6.29. The number of aromatic nitrogens is 3. The second-order valence-electron chi connectivity index (χ2n) is 9.06. The number of alkyl halides is 2. The molecule has 5 aromatic rings. The first-order chi connectivity index (χ1) is 18.2. The van der Waals surface area contributed by atoms with Gasteiger partial charge in [0.1, 0.15) is 22.9 Å². The number of para-hydroxylation sites is 2. The second kappa shape index (κ2) is 8.84. The van der Waals surface area contributed by atoms with Crippen LogP contribution in [0.25, 0.3) is 22.4 Å². The van der Waals surface area contributed by atoms with Crippen LogP contribution in [0.15, 0.2) is 75.9 Å². The van der Waals surface area contributed by atoms with Gasteiger partial charge in [-0.2, -0.15) is 5.10 Å². The van der Waals surface area contributed by atoms with Crippen molar-refractivity contribution in [1.82, 2.24) is 20.1 Å². The molecule has 1 aliphatic rings. The summed E-state index contributed by atoms with van der Waals surface area (Å²) in [7, 11) is 0. The molecule has 1 unspecified atom stereocenters. The third-order valence-corrected chi connectivity index (χ3v) is 6.49. The van der Waals surface area contributed by atoms with Crippen LogP contribution in [0.4, 0.5) is 8.78 Å². The number of carbonyl (C=O) groups is 1. The number of rotatable bonds is 6. The van der Waals surface area contributed by atoms with E-state index in [2.05, 4.69) is 15.2 Å². The van der Waals surface area contributed by atoms with Gasteiger partial charge in [0.25, 0.3) is 11.8 Å². The molecule has 0 saturated carbocycles. The lowest BCUT2D eigenvalue weighted by Gasteiger charge is -2.29. The van der Waals surface area contributed by atoms with E-state index in [1.54, 1.807) is 60.7 Å². The molecule has 2 N–H and O–H groups in total. The molecule has 1 aliphatic heterocycles. The molecule has 1 amide bonds. The van der Waals surface area contributed by atoms with Crippen molar-refractivity contribution in [2.24, 2.45) is 0 Å². The monoisotopic (exact) mass is 536 g/mol. The maximum absolute atomic E-state index is 14.4. The van der Waals surface area contributed by atoms with E-state index in [1.165, 1.54) is 0 Å². The van der Waals surface area contributed by atoms with Gasteiger partial charge in [0.2, 0.25) is 0 Å². The number of halogens is 3. The highest BCUT2D eigenvalue weighted by Gasteiger charge is 2.46. The zero-order valence-corrected chi connectivity index (χ0v) is 20.6. The highest BCUT2D eigenvalue weighted by molar-refractivity contribution is 6.30. The van der Waals surface area contributed by atoms with Crippen molar-refractivity contribution in [1.29, 1.82) is 0 Å². The first kappa shape index (κ1) is 23.9. The van der Waals surface area contributed by atoms with Crippen LogP contribution in [0.3, 0.4) is 0 Å². The van der Waals surface area contributed by atoms with Crippen molar-refractivity contribution in [2.45, 2.75) is 18.9 Å². The Morgan fingerprint density at radius 2 is 1.89 bits per heavy atom. The van der Waals surface area contributed by atoms with Gasteiger partial charge in [0.05, 0.1) is 18.1 Å². The molecule has 0 bridgehead atoms. The Labute approximate surface area is 218 Å². The van der Waals surface area contributed by atoms with E-state index < -0.39 is 30.2 Å². The van der Waals surface area contributed by atoms with Gasteiger partial charge in [-0.05, 0) is 36.4 Å². The van der Waals surface area contributed by atoms with E-state index in [0.29, 0.717) is 33.0 Å². The SMILES string of the molecule is CC(F)(F)CN1C(=O)c2[nH]nc(-c3cccc4[nH]c(=O)oc34)c2C1c1ccc(Cl)cc1Oc1ccccc1. The lowest BCUT2D eigenvalue weighted by Crippen LogP contribution is -2.38. The van der Waals surface area contributed by atoms with Crippen LogP contribution >= 0.6 is 11.6 Å². The third-order valence-electron chi connectivity index (χ3n) is 6.25. The molecule has 38 heavy (non-hydrogen) atoms. The van der Waals surface area contributed by atoms with Gasteiger partial charge in [0.15, 0.2) is 5.58 Å². The van der Waals surface area contributed by atoms with Crippen LogP contribution in [-0.2, 0) is 0 Å². The lowest BCUT2D eigenvalue weighted by atomic mass is 9.95. The lowest BCUT2D eigenvalue weighted by molar-refractivity contribution is -0.0149. The van der Waals surface area contributed by atoms with Crippen molar-refractivity contribution in [3.8, 4) is 22.8 Å². The zero-order chi connectivity index (χ0) is 26.6. The van der Waals surface area contributed by atoms with Gasteiger partial charge >= 0.3 is 5.76 Å². The van der Waals surface area contributed by atoms with Gasteiger partial charge in [-0.3, -0.25) is 14.9 Å². The minimum Gasteiger partial charge on any atom is -0.457 e. The normalized spacial score (nSPS) is 15.3. The van der Waals surface area contributed by atoms with Crippen molar-refractivity contribution in [3.05, 3.63) is 99.1 Å². The topological polar surface area (TPSA) is 104 Å². The number of ether oxygens (including phenoxy) is 1. The minimum atomic E-state index is -3.19. The average molecular weight is 537 g/mol. The molecule has 1 atom stereocenters. The number of H-pyrrole nitrogens is 2. The molecule has 192 valence electrons. The Morgan fingerprint density at radius 1 is 1.11 bits per heavy atom. The number of benzene rings is 3. The molecule has 0 saturated heterocycles. The quantitative estimate of drug-likeness (QED) is 0.270. The molecular formula is C27H19ClF2N4O4. The minimum absolute atomic E-state index is 0.0600. The van der Waals surface area contributed by atoms with E-state index in [4.69, 9.17) is 20.8 Å². The number of carbonyl (C=O) groups excluding carboxylic acids is 1. The molecule has 11 heteroatoms. The first-order valence-corrected chi connectivity index (χ1v) is 12.0. The number of amides is 1. The number of hydrogen-bond acceptors (Lipinski definition) is 5. The van der Waals surface area contributed by atoms with Gasteiger partial charge in [0, 0.05) is 28.6 Å². The molecule has 3 heterocycles. The summed E-state index contributed by atoms with van der Waals surface area (Å²) in [6.45, 7) is -0.100. The van der Waals surface area contributed by atoms with E-state index >= 15 is 0 Å². The van der Waals surface area contributed by atoms with E-state index in [9.17, 15) is 18.4 Å². The van der Waals surface area contributed by atoms with Crippen LogP contribution in [0.2, 0.25) is 5.02 Å². The molecule has 3 aromatic carbocycles. The summed E-state index contributed by atoms with van der Waals surface area (Å²) in [4.78, 5) is 29.1. The number of oxazole rings is 1. The number of nitrogens with zero attached hydrogens (tertiary/aromatic N) is 2. The molecule has 0 spiro atoms. The average Bonchev–Trinajstić information content (AvgIpc) is 3.53. The highest BCUT2D eigenvalue weighted by Crippen LogP contribution is 2.48. The smallest absolute Gasteiger partial charge is 0.417 e. The van der Waals surface area contributed by atoms with E-state index in [1.807, 2.05) is 6.07 Å². The molecule has 0 aliphatic carbocycles. The fourth-order valence-electron chi connectivity index (χ4n) is 4.79. The molecule has 6 rings (SSSR count). The summed E-state index contributed by atoms with van der Waals surface area (Å²) in [5, 5.41) is 7.44. The Bertz CT molecular complexity index is 1740. The Kier molecular flexibility index (Phi) is 5.57. The van der Waals surface area contributed by atoms with Crippen LogP contribution in [0.1, 0.15) is 34.6 Å². The Morgan fingerprint density at radius 3 is 2.66 bits per heavy atom. The van der Waals surface area contributed by atoms with Gasteiger partial charge < -0.3 is 14.1 Å². The highest BCUT2D eigenvalue weighted by atomic mass is 35.5. The predicted octanol–water partition coefficient (Wildman–Crippen LogP) is 6.16. The molecule has 0 fully saturated rings. The molecule has 0 radical (unpaired) electrons. The summed E-state index contributed by atoms with van der Waals surface area (Å²) in [5.41, 5.74) is 2.21. The van der Waals surface area contributed by atoms with Crippen molar-refractivity contribution < 1.29 is 22.7 Å². The van der Waals surface area contributed by atoms with Crippen LogP contribution in [0.5, 0.6) is 11.5 Å². The first-order valence-electron chi connectivity index (χ1n) is 11.6. The summed E-state index contributed by atoms with van der Waals surface area (Å²) in [6, 6.07) is 17.7.